The van der Waals surface area contributed by atoms with E-state index in [4.69, 9.17) is 10.5 Å². The van der Waals surface area contributed by atoms with Crippen LogP contribution in [0.1, 0.15) is 16.6 Å². The maximum atomic E-state index is 12.2. The first-order chi connectivity index (χ1) is 11.7. The normalized spacial score (nSPS) is 10.4. The SMILES string of the molecule is CCOC(=O)c1sc(-c2ccncc2)nc1Nc1ccccc1N. The number of hydrogen-bond acceptors (Lipinski definition) is 7. The molecule has 0 atom stereocenters. The number of anilines is 3. The lowest BCUT2D eigenvalue weighted by atomic mass is 10.2. The van der Waals surface area contributed by atoms with Crippen LogP contribution in [0.4, 0.5) is 17.2 Å². The van der Waals surface area contributed by atoms with E-state index in [-0.39, 0.29) is 0 Å². The minimum atomic E-state index is -0.410. The zero-order valence-electron chi connectivity index (χ0n) is 13.0. The Balaban J connectivity index is 2.01. The average molecular weight is 340 g/mol. The van der Waals surface area contributed by atoms with Gasteiger partial charge >= 0.3 is 5.97 Å². The largest absolute Gasteiger partial charge is 0.462 e. The smallest absolute Gasteiger partial charge is 0.352 e. The topological polar surface area (TPSA) is 90.1 Å². The quantitative estimate of drug-likeness (QED) is 0.543. The highest BCUT2D eigenvalue weighted by molar-refractivity contribution is 7.17. The molecule has 0 bridgehead atoms. The number of carbonyl (C=O) groups excluding carboxylic acids is 1. The lowest BCUT2D eigenvalue weighted by Gasteiger charge is -2.08. The third-order valence-corrected chi connectivity index (χ3v) is 4.31. The number of hydrogen-bond donors (Lipinski definition) is 2. The van der Waals surface area contributed by atoms with Crippen LogP contribution in [0, 0.1) is 0 Å². The Morgan fingerprint density at radius 2 is 2.00 bits per heavy atom. The second-order valence-corrected chi connectivity index (χ2v) is 5.86. The molecule has 0 amide bonds. The summed E-state index contributed by atoms with van der Waals surface area (Å²) in [6, 6.07) is 11.0. The Morgan fingerprint density at radius 1 is 1.25 bits per heavy atom. The zero-order chi connectivity index (χ0) is 16.9. The van der Waals surface area contributed by atoms with Gasteiger partial charge in [0.25, 0.3) is 0 Å². The molecule has 0 unspecified atom stereocenters. The predicted molar refractivity (Wildman–Crippen MR) is 95.4 cm³/mol. The number of para-hydroxylation sites is 2. The van der Waals surface area contributed by atoms with E-state index in [1.165, 1.54) is 11.3 Å². The lowest BCUT2D eigenvalue weighted by Crippen LogP contribution is -2.06. The summed E-state index contributed by atoms with van der Waals surface area (Å²) < 4.78 is 5.13. The summed E-state index contributed by atoms with van der Waals surface area (Å²) in [5, 5.41) is 3.83. The van der Waals surface area contributed by atoms with Crippen molar-refractivity contribution in [2.45, 2.75) is 6.92 Å². The fraction of sp³-hybridized carbons (Fsp3) is 0.118. The van der Waals surface area contributed by atoms with Gasteiger partial charge in [-0.3, -0.25) is 4.98 Å². The summed E-state index contributed by atoms with van der Waals surface area (Å²) in [4.78, 5) is 21.2. The molecule has 7 heteroatoms. The van der Waals surface area contributed by atoms with Crippen molar-refractivity contribution in [1.82, 2.24) is 9.97 Å². The fourth-order valence-corrected chi connectivity index (χ4v) is 3.02. The van der Waals surface area contributed by atoms with Gasteiger partial charge in [0.05, 0.1) is 18.0 Å². The molecular formula is C17H16N4O2S. The molecule has 3 N–H and O–H groups in total. The standard InChI is InChI=1S/C17H16N4O2S/c1-2-23-17(22)14-15(20-13-6-4-3-5-12(13)18)21-16(24-14)11-7-9-19-10-8-11/h3-10,20H,2,18H2,1H3. The van der Waals surface area contributed by atoms with E-state index in [2.05, 4.69) is 15.3 Å². The summed E-state index contributed by atoms with van der Waals surface area (Å²) >= 11 is 1.27. The van der Waals surface area contributed by atoms with Crippen LogP contribution in [0.2, 0.25) is 0 Å². The van der Waals surface area contributed by atoms with Crippen LogP contribution in [0.25, 0.3) is 10.6 Å². The number of nitrogen functional groups attached to an aromatic ring is 1. The molecule has 0 saturated carbocycles. The van der Waals surface area contributed by atoms with Crippen molar-refractivity contribution in [3.8, 4) is 10.6 Å². The molecule has 0 aliphatic rings. The Morgan fingerprint density at radius 3 is 2.71 bits per heavy atom. The molecule has 122 valence electrons. The van der Waals surface area contributed by atoms with Crippen LogP contribution in [-0.4, -0.2) is 22.5 Å². The van der Waals surface area contributed by atoms with Gasteiger partial charge in [-0.2, -0.15) is 0 Å². The molecule has 6 nitrogen and oxygen atoms in total. The van der Waals surface area contributed by atoms with Crippen LogP contribution in [0.15, 0.2) is 48.8 Å². The highest BCUT2D eigenvalue weighted by atomic mass is 32.1. The second kappa shape index (κ2) is 7.10. The summed E-state index contributed by atoms with van der Waals surface area (Å²) in [6.45, 7) is 2.07. The highest BCUT2D eigenvalue weighted by Crippen LogP contribution is 2.34. The van der Waals surface area contributed by atoms with E-state index >= 15 is 0 Å². The van der Waals surface area contributed by atoms with Gasteiger partial charge in [0.15, 0.2) is 10.7 Å². The Labute approximate surface area is 143 Å². The maximum absolute atomic E-state index is 12.2. The molecule has 1 aromatic carbocycles. The number of nitrogens with zero attached hydrogens (tertiary/aromatic N) is 2. The number of nitrogens with one attached hydrogen (secondary N) is 1. The van der Waals surface area contributed by atoms with Crippen LogP contribution in [0.5, 0.6) is 0 Å². The lowest BCUT2D eigenvalue weighted by molar-refractivity contribution is 0.0533. The molecule has 3 rings (SSSR count). The number of nitrogens with two attached hydrogens (primary N) is 1. The van der Waals surface area contributed by atoms with Crippen molar-refractivity contribution in [2.75, 3.05) is 17.7 Å². The maximum Gasteiger partial charge on any atom is 0.352 e. The number of ether oxygens (including phenoxy) is 1. The molecule has 0 aliphatic carbocycles. The van der Waals surface area contributed by atoms with Gasteiger partial charge in [-0.1, -0.05) is 12.1 Å². The number of pyridine rings is 1. The van der Waals surface area contributed by atoms with Gasteiger partial charge < -0.3 is 15.8 Å². The number of carbonyl (C=O) groups is 1. The van der Waals surface area contributed by atoms with E-state index in [1.807, 2.05) is 30.3 Å². The van der Waals surface area contributed by atoms with Gasteiger partial charge in [0, 0.05) is 18.0 Å². The Kier molecular flexibility index (Phi) is 4.72. The number of rotatable bonds is 5. The molecule has 3 aromatic rings. The van der Waals surface area contributed by atoms with Crippen LogP contribution < -0.4 is 11.1 Å². The fourth-order valence-electron chi connectivity index (χ4n) is 2.10. The van der Waals surface area contributed by atoms with Gasteiger partial charge in [-0.15, -0.1) is 11.3 Å². The zero-order valence-corrected chi connectivity index (χ0v) is 13.8. The molecule has 0 fully saturated rings. The van der Waals surface area contributed by atoms with E-state index in [9.17, 15) is 4.79 Å². The van der Waals surface area contributed by atoms with Gasteiger partial charge in [0.2, 0.25) is 0 Å². The summed E-state index contributed by atoms with van der Waals surface area (Å²) in [6.07, 6.45) is 3.37. The van der Waals surface area contributed by atoms with Crippen LogP contribution >= 0.6 is 11.3 Å². The number of esters is 1. The van der Waals surface area contributed by atoms with E-state index < -0.39 is 5.97 Å². The van der Waals surface area contributed by atoms with Gasteiger partial charge in [-0.05, 0) is 31.2 Å². The van der Waals surface area contributed by atoms with Crippen LogP contribution in [0.3, 0.4) is 0 Å². The molecule has 2 aromatic heterocycles. The first-order valence-electron chi connectivity index (χ1n) is 7.39. The first-order valence-corrected chi connectivity index (χ1v) is 8.20. The highest BCUT2D eigenvalue weighted by Gasteiger charge is 2.20. The monoisotopic (exact) mass is 340 g/mol. The number of aromatic nitrogens is 2. The summed E-state index contributed by atoms with van der Waals surface area (Å²) in [5.41, 5.74) is 8.11. The molecule has 0 saturated heterocycles. The van der Waals surface area contributed by atoms with E-state index in [1.54, 1.807) is 25.4 Å². The second-order valence-electron chi connectivity index (χ2n) is 4.87. The third-order valence-electron chi connectivity index (χ3n) is 3.23. The van der Waals surface area contributed by atoms with Crippen molar-refractivity contribution < 1.29 is 9.53 Å². The van der Waals surface area contributed by atoms with Crippen molar-refractivity contribution in [1.29, 1.82) is 0 Å². The van der Waals surface area contributed by atoms with E-state index in [0.717, 1.165) is 5.56 Å². The number of thiazole rings is 1. The average Bonchev–Trinajstić information content (AvgIpc) is 3.02. The van der Waals surface area contributed by atoms with Crippen LogP contribution in [-0.2, 0) is 4.74 Å². The van der Waals surface area contributed by atoms with Gasteiger partial charge in [0.1, 0.15) is 5.01 Å². The van der Waals surface area contributed by atoms with Crippen molar-refractivity contribution in [3.05, 3.63) is 53.7 Å². The summed E-state index contributed by atoms with van der Waals surface area (Å²) in [5.74, 6) is 0.0236. The van der Waals surface area contributed by atoms with Gasteiger partial charge in [-0.25, -0.2) is 9.78 Å². The Bertz CT molecular complexity index is 849. The predicted octanol–water partition coefficient (Wildman–Crippen LogP) is 3.71. The molecular weight excluding hydrogens is 324 g/mol. The third kappa shape index (κ3) is 3.36. The van der Waals surface area contributed by atoms with Crippen molar-refractivity contribution in [3.63, 3.8) is 0 Å². The van der Waals surface area contributed by atoms with E-state index in [0.29, 0.717) is 33.7 Å². The Hall–Kier alpha value is -2.93. The molecule has 0 spiro atoms. The molecule has 0 radical (unpaired) electrons. The molecule has 24 heavy (non-hydrogen) atoms. The minimum absolute atomic E-state index is 0.300. The summed E-state index contributed by atoms with van der Waals surface area (Å²) in [7, 11) is 0. The molecule has 2 heterocycles. The minimum Gasteiger partial charge on any atom is -0.462 e. The molecule has 0 aliphatic heterocycles. The van der Waals surface area contributed by atoms with Crippen molar-refractivity contribution >= 4 is 34.5 Å². The first kappa shape index (κ1) is 15.9. The van der Waals surface area contributed by atoms with Crippen molar-refractivity contribution in [2.24, 2.45) is 0 Å². The number of benzene rings is 1.